The molecule has 1 amide bonds. The fourth-order valence-electron chi connectivity index (χ4n) is 3.30. The summed E-state index contributed by atoms with van der Waals surface area (Å²) in [5, 5.41) is 6.20. The number of aromatic nitrogens is 3. The molecule has 0 saturated heterocycles. The molecule has 3 heterocycles. The van der Waals surface area contributed by atoms with Crippen molar-refractivity contribution < 1.29 is 4.79 Å². The van der Waals surface area contributed by atoms with Gasteiger partial charge in [-0.2, -0.15) is 5.10 Å². The Morgan fingerprint density at radius 1 is 1.16 bits per heavy atom. The lowest BCUT2D eigenvalue weighted by molar-refractivity contribution is 0.0955. The third kappa shape index (κ3) is 4.19. The minimum Gasteiger partial charge on any atom is -0.286 e. The van der Waals surface area contributed by atoms with Gasteiger partial charge in [0.1, 0.15) is 0 Å². The maximum Gasteiger partial charge on any atom is 0.271 e. The normalized spacial score (nSPS) is 11.7. The van der Waals surface area contributed by atoms with Gasteiger partial charge in [0, 0.05) is 22.4 Å². The van der Waals surface area contributed by atoms with E-state index in [1.54, 1.807) is 40.7 Å². The zero-order valence-corrected chi connectivity index (χ0v) is 19.9. The van der Waals surface area contributed by atoms with Crippen LogP contribution in [0.2, 0.25) is 0 Å². The van der Waals surface area contributed by atoms with Crippen LogP contribution in [0.1, 0.15) is 33.0 Å². The molecule has 0 aliphatic rings. The van der Waals surface area contributed by atoms with Crippen LogP contribution < -0.4 is 5.43 Å². The van der Waals surface area contributed by atoms with Gasteiger partial charge in [0.2, 0.25) is 0 Å². The molecule has 0 radical (unpaired) electrons. The molecule has 5 aromatic rings. The second-order valence-electron chi connectivity index (χ2n) is 7.21. The molecule has 32 heavy (non-hydrogen) atoms. The van der Waals surface area contributed by atoms with E-state index >= 15 is 0 Å². The molecular weight excluding hydrogens is 458 g/mol. The predicted octanol–water partition coefficient (Wildman–Crippen LogP) is 5.68. The Balaban J connectivity index is 1.20. The van der Waals surface area contributed by atoms with Crippen LogP contribution in [0.5, 0.6) is 0 Å². The largest absolute Gasteiger partial charge is 0.286 e. The first-order valence-electron chi connectivity index (χ1n) is 9.92. The molecule has 0 saturated carbocycles. The molecular formula is C23H19N5OS3. The van der Waals surface area contributed by atoms with Crippen molar-refractivity contribution in [1.82, 2.24) is 19.8 Å². The molecule has 9 heteroatoms. The Labute approximate surface area is 197 Å². The van der Waals surface area contributed by atoms with Crippen molar-refractivity contribution in [3.63, 3.8) is 0 Å². The molecule has 6 nitrogen and oxygen atoms in total. The molecule has 0 aliphatic carbocycles. The molecule has 0 spiro atoms. The Hall–Kier alpha value is -3.01. The zero-order chi connectivity index (χ0) is 22.1. The van der Waals surface area contributed by atoms with Crippen molar-refractivity contribution in [3.8, 4) is 0 Å². The van der Waals surface area contributed by atoms with Gasteiger partial charge in [-0.15, -0.1) is 22.7 Å². The number of para-hydroxylation sites is 1. The van der Waals surface area contributed by atoms with Gasteiger partial charge in [-0.25, -0.2) is 15.4 Å². The number of hydrogen-bond acceptors (Lipinski definition) is 7. The highest BCUT2D eigenvalue weighted by molar-refractivity contribution is 8.00. The lowest BCUT2D eigenvalue weighted by atomic mass is 10.1. The number of benzene rings is 2. The Kier molecular flexibility index (Phi) is 5.77. The van der Waals surface area contributed by atoms with Crippen LogP contribution in [0.25, 0.3) is 15.2 Å². The van der Waals surface area contributed by atoms with Crippen LogP contribution in [0, 0.1) is 13.8 Å². The van der Waals surface area contributed by atoms with Gasteiger partial charge in [-0.1, -0.05) is 36.0 Å². The number of thioether (sulfide) groups is 1. The van der Waals surface area contributed by atoms with Crippen LogP contribution in [0.3, 0.4) is 0 Å². The maximum absolute atomic E-state index is 12.5. The molecule has 1 N–H and O–H groups in total. The average molecular weight is 478 g/mol. The smallest absolute Gasteiger partial charge is 0.271 e. The number of aryl methyl sites for hydroxylation is 2. The Morgan fingerprint density at radius 3 is 2.78 bits per heavy atom. The van der Waals surface area contributed by atoms with Crippen LogP contribution >= 0.6 is 34.4 Å². The summed E-state index contributed by atoms with van der Waals surface area (Å²) in [7, 11) is 0. The molecule has 2 aromatic carbocycles. The van der Waals surface area contributed by atoms with Crippen LogP contribution in [-0.2, 0) is 5.75 Å². The van der Waals surface area contributed by atoms with E-state index in [0.717, 1.165) is 43.2 Å². The highest BCUT2D eigenvalue weighted by Crippen LogP contribution is 2.31. The van der Waals surface area contributed by atoms with E-state index in [9.17, 15) is 4.79 Å². The molecule has 0 fully saturated rings. The fourth-order valence-corrected chi connectivity index (χ4v) is 6.25. The molecule has 0 bridgehead atoms. The molecule has 0 unspecified atom stereocenters. The Morgan fingerprint density at radius 2 is 1.97 bits per heavy atom. The first-order chi connectivity index (χ1) is 15.6. The molecule has 0 aliphatic heterocycles. The van der Waals surface area contributed by atoms with Crippen LogP contribution in [0.15, 0.2) is 63.4 Å². The van der Waals surface area contributed by atoms with Gasteiger partial charge in [0.25, 0.3) is 5.91 Å². The minimum atomic E-state index is -0.243. The van der Waals surface area contributed by atoms with Crippen molar-refractivity contribution in [2.45, 2.75) is 23.9 Å². The maximum atomic E-state index is 12.5. The van der Waals surface area contributed by atoms with Gasteiger partial charge < -0.3 is 0 Å². The summed E-state index contributed by atoms with van der Waals surface area (Å²) in [4.78, 5) is 22.6. The number of carbonyl (C=O) groups is 1. The Bertz CT molecular complexity index is 1410. The predicted molar refractivity (Wildman–Crippen MR) is 133 cm³/mol. The number of hydrogen-bond donors (Lipinski definition) is 1. The zero-order valence-electron chi connectivity index (χ0n) is 17.4. The number of hydrazone groups is 1. The monoisotopic (exact) mass is 477 g/mol. The molecule has 160 valence electrons. The summed E-state index contributed by atoms with van der Waals surface area (Å²) in [5.41, 5.74) is 8.21. The van der Waals surface area contributed by atoms with E-state index in [1.165, 1.54) is 4.70 Å². The van der Waals surface area contributed by atoms with Gasteiger partial charge >= 0.3 is 0 Å². The highest BCUT2D eigenvalue weighted by Gasteiger charge is 2.11. The summed E-state index contributed by atoms with van der Waals surface area (Å²) < 4.78 is 4.28. The number of fused-ring (bicyclic) bond motifs is 2. The number of carbonyl (C=O) groups excluding carboxylic acids is 1. The minimum absolute atomic E-state index is 0.243. The van der Waals surface area contributed by atoms with Crippen molar-refractivity contribution in [2.24, 2.45) is 5.10 Å². The second kappa shape index (κ2) is 8.85. The van der Waals surface area contributed by atoms with E-state index in [0.29, 0.717) is 5.56 Å². The van der Waals surface area contributed by atoms with Crippen molar-refractivity contribution in [2.75, 3.05) is 0 Å². The van der Waals surface area contributed by atoms with E-state index < -0.39 is 0 Å². The number of thiazole rings is 2. The lowest BCUT2D eigenvalue weighted by Gasteiger charge is -2.03. The highest BCUT2D eigenvalue weighted by atomic mass is 32.2. The van der Waals surface area contributed by atoms with Crippen molar-refractivity contribution in [1.29, 1.82) is 0 Å². The molecule has 3 aromatic heterocycles. The number of imidazole rings is 1. The van der Waals surface area contributed by atoms with E-state index in [4.69, 9.17) is 0 Å². The summed E-state index contributed by atoms with van der Waals surface area (Å²) in [6.07, 6.45) is 1.65. The SMILES string of the molecule is Cc1nc2scc(C)n2c1/C=N/NC(=O)c1ccc(CSc2nc3ccccc3s2)cc1. The quantitative estimate of drug-likeness (QED) is 0.194. The van der Waals surface area contributed by atoms with Gasteiger partial charge in [0.05, 0.1) is 27.8 Å². The van der Waals surface area contributed by atoms with Crippen LogP contribution in [0.4, 0.5) is 0 Å². The van der Waals surface area contributed by atoms with E-state index in [-0.39, 0.29) is 5.91 Å². The summed E-state index contributed by atoms with van der Waals surface area (Å²) in [6.45, 7) is 3.96. The number of amides is 1. The number of nitrogens with zero attached hydrogens (tertiary/aromatic N) is 4. The van der Waals surface area contributed by atoms with Gasteiger partial charge in [-0.3, -0.25) is 9.20 Å². The van der Waals surface area contributed by atoms with E-state index in [2.05, 4.69) is 26.6 Å². The van der Waals surface area contributed by atoms with Crippen molar-refractivity contribution >= 4 is 61.7 Å². The number of rotatable bonds is 6. The molecule has 5 rings (SSSR count). The topological polar surface area (TPSA) is 71.7 Å². The van der Waals surface area contributed by atoms with Gasteiger partial charge in [0.15, 0.2) is 9.30 Å². The van der Waals surface area contributed by atoms with Crippen molar-refractivity contribution in [3.05, 3.63) is 82.1 Å². The van der Waals surface area contributed by atoms with E-state index in [1.807, 2.05) is 66.1 Å². The van der Waals surface area contributed by atoms with Gasteiger partial charge in [-0.05, 0) is 43.7 Å². The summed E-state index contributed by atoms with van der Waals surface area (Å²) in [5.74, 6) is 0.558. The lowest BCUT2D eigenvalue weighted by Crippen LogP contribution is -2.17. The summed E-state index contributed by atoms with van der Waals surface area (Å²) >= 11 is 5.00. The standard InChI is InChI=1S/C23H19N5OS3/c1-14-12-30-22-25-15(2)19(28(14)22)11-24-27-21(29)17-9-7-16(8-10-17)13-31-23-26-18-5-3-4-6-20(18)32-23/h3-12H,13H2,1-2H3,(H,27,29)/b24-11+. The first-order valence-corrected chi connectivity index (χ1v) is 12.6. The average Bonchev–Trinajstić information content (AvgIpc) is 3.47. The number of nitrogens with one attached hydrogen (secondary N) is 1. The third-order valence-electron chi connectivity index (χ3n) is 4.96. The van der Waals surface area contributed by atoms with Crippen LogP contribution in [-0.4, -0.2) is 26.5 Å². The second-order valence-corrected chi connectivity index (χ2v) is 10.3. The fraction of sp³-hybridized carbons (Fsp3) is 0.130. The third-order valence-corrected chi connectivity index (χ3v) is 8.15. The molecule has 0 atom stereocenters. The first kappa shape index (κ1) is 20.9. The summed E-state index contributed by atoms with van der Waals surface area (Å²) in [6, 6.07) is 15.7.